The van der Waals surface area contributed by atoms with Crippen LogP contribution in [0.5, 0.6) is 0 Å². The van der Waals surface area contributed by atoms with Crippen molar-refractivity contribution in [2.24, 2.45) is 11.1 Å². The van der Waals surface area contributed by atoms with Gasteiger partial charge < -0.3 is 10.3 Å². The Balaban J connectivity index is 2.33. The van der Waals surface area contributed by atoms with Crippen LogP contribution in [0.4, 0.5) is 4.39 Å². The van der Waals surface area contributed by atoms with Crippen molar-refractivity contribution in [3.05, 3.63) is 35.5 Å². The lowest BCUT2D eigenvalue weighted by Crippen LogP contribution is -2.26. The lowest BCUT2D eigenvalue weighted by molar-refractivity contribution is 0.253. The van der Waals surface area contributed by atoms with E-state index in [1.54, 1.807) is 19.1 Å². The standard InChI is InChI=1S/C14H18FN3O/c1-8-5-6-9(7-10(8)15)12-17-13(19-18-12)11(16)14(2,3)4/h5-7,11H,16H2,1-4H3/t11-/m1/s1. The molecular formula is C14H18FN3O. The van der Waals surface area contributed by atoms with Crippen molar-refractivity contribution in [1.82, 2.24) is 10.1 Å². The third-order valence-electron chi connectivity index (χ3n) is 3.07. The predicted octanol–water partition coefficient (Wildman–Crippen LogP) is 3.23. The van der Waals surface area contributed by atoms with Crippen molar-refractivity contribution in [3.63, 3.8) is 0 Å². The molecule has 0 unspecified atom stereocenters. The summed E-state index contributed by atoms with van der Waals surface area (Å²) in [6.45, 7) is 7.68. The third kappa shape index (κ3) is 2.81. The maximum absolute atomic E-state index is 13.5. The summed E-state index contributed by atoms with van der Waals surface area (Å²) in [7, 11) is 0. The van der Waals surface area contributed by atoms with Gasteiger partial charge in [0.25, 0.3) is 0 Å². The summed E-state index contributed by atoms with van der Waals surface area (Å²) in [5.74, 6) is 0.432. The minimum atomic E-state index is -0.357. The van der Waals surface area contributed by atoms with Crippen molar-refractivity contribution in [2.75, 3.05) is 0 Å². The zero-order valence-electron chi connectivity index (χ0n) is 11.6. The van der Waals surface area contributed by atoms with Crippen LogP contribution < -0.4 is 5.73 Å². The second kappa shape index (κ2) is 4.74. The van der Waals surface area contributed by atoms with Gasteiger partial charge >= 0.3 is 0 Å². The molecule has 1 aromatic heterocycles. The first-order valence-electron chi connectivity index (χ1n) is 6.15. The Morgan fingerprint density at radius 2 is 2.00 bits per heavy atom. The molecule has 0 amide bonds. The zero-order chi connectivity index (χ0) is 14.2. The molecule has 0 saturated heterocycles. The van der Waals surface area contributed by atoms with Gasteiger partial charge in [-0.05, 0) is 24.0 Å². The quantitative estimate of drug-likeness (QED) is 0.903. The molecular weight excluding hydrogens is 245 g/mol. The minimum Gasteiger partial charge on any atom is -0.337 e. The van der Waals surface area contributed by atoms with E-state index in [-0.39, 0.29) is 17.3 Å². The number of hydrogen-bond acceptors (Lipinski definition) is 4. The molecule has 0 spiro atoms. The van der Waals surface area contributed by atoms with Gasteiger partial charge in [0.05, 0.1) is 6.04 Å². The molecule has 0 fully saturated rings. The molecule has 0 aliphatic carbocycles. The van der Waals surface area contributed by atoms with Crippen LogP contribution in [-0.2, 0) is 0 Å². The maximum Gasteiger partial charge on any atom is 0.244 e. The molecule has 2 N–H and O–H groups in total. The van der Waals surface area contributed by atoms with E-state index in [0.717, 1.165) is 0 Å². The SMILES string of the molecule is Cc1ccc(-c2noc([C@@H](N)C(C)(C)C)n2)cc1F. The molecule has 2 rings (SSSR count). The fourth-order valence-corrected chi connectivity index (χ4v) is 1.58. The molecule has 0 saturated carbocycles. The van der Waals surface area contributed by atoms with Crippen LogP contribution in [0, 0.1) is 18.2 Å². The monoisotopic (exact) mass is 263 g/mol. The molecule has 0 radical (unpaired) electrons. The van der Waals surface area contributed by atoms with Gasteiger partial charge in [-0.1, -0.05) is 38.1 Å². The number of halogens is 1. The highest BCUT2D eigenvalue weighted by Gasteiger charge is 2.27. The molecule has 1 heterocycles. The largest absolute Gasteiger partial charge is 0.337 e. The van der Waals surface area contributed by atoms with Crippen LogP contribution in [0.25, 0.3) is 11.4 Å². The molecule has 0 aliphatic heterocycles. The Labute approximate surface area is 111 Å². The van der Waals surface area contributed by atoms with Gasteiger partial charge in [-0.2, -0.15) is 4.98 Å². The van der Waals surface area contributed by atoms with Gasteiger partial charge in [0.1, 0.15) is 5.82 Å². The molecule has 1 atom stereocenters. The molecule has 5 heteroatoms. The van der Waals surface area contributed by atoms with Gasteiger partial charge in [0.15, 0.2) is 0 Å². The van der Waals surface area contributed by atoms with Crippen LogP contribution >= 0.6 is 0 Å². The van der Waals surface area contributed by atoms with Crippen LogP contribution in [0.2, 0.25) is 0 Å². The van der Waals surface area contributed by atoms with Crippen molar-refractivity contribution in [2.45, 2.75) is 33.7 Å². The molecule has 4 nitrogen and oxygen atoms in total. The van der Waals surface area contributed by atoms with E-state index >= 15 is 0 Å². The van der Waals surface area contributed by atoms with Crippen molar-refractivity contribution >= 4 is 0 Å². The van der Waals surface area contributed by atoms with E-state index in [2.05, 4.69) is 10.1 Å². The summed E-state index contributed by atoms with van der Waals surface area (Å²) in [5, 5.41) is 3.86. The third-order valence-corrected chi connectivity index (χ3v) is 3.07. The van der Waals surface area contributed by atoms with Gasteiger partial charge in [0, 0.05) is 5.56 Å². The van der Waals surface area contributed by atoms with E-state index in [1.165, 1.54) is 6.07 Å². The molecule has 2 aromatic rings. The summed E-state index contributed by atoms with van der Waals surface area (Å²) in [6, 6.07) is 4.48. The van der Waals surface area contributed by atoms with Crippen molar-refractivity contribution in [1.29, 1.82) is 0 Å². The molecule has 19 heavy (non-hydrogen) atoms. The second-order valence-corrected chi connectivity index (χ2v) is 5.76. The molecule has 0 bridgehead atoms. The Kier molecular flexibility index (Phi) is 3.41. The Bertz CT molecular complexity index is 587. The maximum atomic E-state index is 13.5. The number of aromatic nitrogens is 2. The number of benzene rings is 1. The van der Waals surface area contributed by atoms with E-state index in [4.69, 9.17) is 10.3 Å². The van der Waals surface area contributed by atoms with Crippen LogP contribution in [0.1, 0.15) is 38.3 Å². The highest BCUT2D eigenvalue weighted by Crippen LogP contribution is 2.30. The Morgan fingerprint density at radius 1 is 1.32 bits per heavy atom. The number of nitrogens with zero attached hydrogens (tertiary/aromatic N) is 2. The normalized spacial score (nSPS) is 13.6. The van der Waals surface area contributed by atoms with Gasteiger partial charge in [-0.15, -0.1) is 0 Å². The lowest BCUT2D eigenvalue weighted by Gasteiger charge is -2.23. The molecule has 0 aliphatic rings. The average Bonchev–Trinajstić information content (AvgIpc) is 2.79. The van der Waals surface area contributed by atoms with Crippen LogP contribution in [-0.4, -0.2) is 10.1 Å². The van der Waals surface area contributed by atoms with E-state index < -0.39 is 0 Å². The molecule has 102 valence electrons. The average molecular weight is 263 g/mol. The lowest BCUT2D eigenvalue weighted by atomic mass is 9.87. The topological polar surface area (TPSA) is 64.9 Å². The van der Waals surface area contributed by atoms with E-state index in [0.29, 0.717) is 22.8 Å². The smallest absolute Gasteiger partial charge is 0.244 e. The Hall–Kier alpha value is -1.75. The summed E-state index contributed by atoms with van der Waals surface area (Å²) >= 11 is 0. The van der Waals surface area contributed by atoms with Crippen molar-refractivity contribution in [3.8, 4) is 11.4 Å². The summed E-state index contributed by atoms with van der Waals surface area (Å²) in [4.78, 5) is 4.25. The van der Waals surface area contributed by atoms with Gasteiger partial charge in [-0.3, -0.25) is 0 Å². The second-order valence-electron chi connectivity index (χ2n) is 5.76. The van der Waals surface area contributed by atoms with Crippen LogP contribution in [0.3, 0.4) is 0 Å². The number of aryl methyl sites for hydroxylation is 1. The highest BCUT2D eigenvalue weighted by atomic mass is 19.1. The van der Waals surface area contributed by atoms with Gasteiger partial charge in [-0.25, -0.2) is 4.39 Å². The number of nitrogens with two attached hydrogens (primary N) is 1. The first kappa shape index (κ1) is 13.7. The van der Waals surface area contributed by atoms with E-state index in [1.807, 2.05) is 20.8 Å². The number of hydrogen-bond donors (Lipinski definition) is 1. The molecule has 1 aromatic carbocycles. The van der Waals surface area contributed by atoms with Crippen LogP contribution in [0.15, 0.2) is 22.7 Å². The summed E-state index contributed by atoms with van der Waals surface area (Å²) in [6.07, 6.45) is 0. The first-order valence-corrected chi connectivity index (χ1v) is 6.15. The van der Waals surface area contributed by atoms with E-state index in [9.17, 15) is 4.39 Å². The highest BCUT2D eigenvalue weighted by molar-refractivity contribution is 5.55. The van der Waals surface area contributed by atoms with Gasteiger partial charge in [0.2, 0.25) is 11.7 Å². The minimum absolute atomic E-state index is 0.178. The number of rotatable bonds is 2. The fourth-order valence-electron chi connectivity index (χ4n) is 1.58. The zero-order valence-corrected chi connectivity index (χ0v) is 11.6. The first-order chi connectivity index (χ1) is 8.79. The fraction of sp³-hybridized carbons (Fsp3) is 0.429. The predicted molar refractivity (Wildman–Crippen MR) is 70.8 cm³/mol. The summed E-state index contributed by atoms with van der Waals surface area (Å²) < 4.78 is 18.7. The van der Waals surface area contributed by atoms with Crippen molar-refractivity contribution < 1.29 is 8.91 Å². The summed E-state index contributed by atoms with van der Waals surface area (Å²) in [5.41, 5.74) is 7.03. The Morgan fingerprint density at radius 3 is 2.58 bits per heavy atom.